The zero-order chi connectivity index (χ0) is 17.2. The first kappa shape index (κ1) is 16.5. The zero-order valence-corrected chi connectivity index (χ0v) is 14.5. The average molecular weight is 344 g/mol. The summed E-state index contributed by atoms with van der Waals surface area (Å²) in [6.07, 6.45) is 2.49. The molecule has 0 saturated heterocycles. The van der Waals surface area contributed by atoms with Gasteiger partial charge >= 0.3 is 0 Å². The largest absolute Gasteiger partial charge is 0.495 e. The highest BCUT2D eigenvalue weighted by atomic mass is 32.2. The number of H-pyrrole nitrogens is 1. The van der Waals surface area contributed by atoms with Gasteiger partial charge in [0.2, 0.25) is 10.0 Å². The molecule has 0 bridgehead atoms. The number of aryl methyl sites for hydroxylation is 1. The van der Waals surface area contributed by atoms with Crippen LogP contribution in [0.5, 0.6) is 5.75 Å². The molecular weight excluding hydrogens is 324 g/mol. The number of methoxy groups -OCH3 is 1. The minimum atomic E-state index is -3.48. The number of fused-ring (bicyclic) bond motifs is 1. The lowest BCUT2D eigenvalue weighted by molar-refractivity contribution is 0.419. The maximum absolute atomic E-state index is 12.3. The molecule has 5 nitrogen and oxygen atoms in total. The van der Waals surface area contributed by atoms with E-state index in [-0.39, 0.29) is 4.90 Å². The van der Waals surface area contributed by atoms with Gasteiger partial charge < -0.3 is 9.72 Å². The molecule has 0 aliphatic carbocycles. The number of para-hydroxylation sites is 1. The number of nitrogens with one attached hydrogen (secondary N) is 2. The van der Waals surface area contributed by atoms with E-state index in [1.54, 1.807) is 31.4 Å². The number of ether oxygens (including phenoxy) is 1. The molecule has 126 valence electrons. The standard InChI is InChI=1S/C18H20N2O3S/c1-13-6-8-15(9-7-13)24(21,22)20-11-10-14-12-19-18-16(14)4-3-5-17(18)23-2/h3-9,12,19-20H,10-11H2,1-2H3. The average Bonchev–Trinajstić information content (AvgIpc) is 2.98. The fraction of sp³-hybridized carbons (Fsp3) is 0.222. The van der Waals surface area contributed by atoms with Crippen LogP contribution in [0.15, 0.2) is 53.6 Å². The number of aromatic nitrogens is 1. The third-order valence-electron chi connectivity index (χ3n) is 4.00. The quantitative estimate of drug-likeness (QED) is 0.722. The Labute approximate surface area is 141 Å². The van der Waals surface area contributed by atoms with Gasteiger partial charge in [0.15, 0.2) is 0 Å². The van der Waals surface area contributed by atoms with Crippen LogP contribution < -0.4 is 9.46 Å². The van der Waals surface area contributed by atoms with E-state index in [1.165, 1.54) is 0 Å². The lowest BCUT2D eigenvalue weighted by Crippen LogP contribution is -2.25. The number of hydrogen-bond acceptors (Lipinski definition) is 3. The van der Waals surface area contributed by atoms with E-state index in [0.29, 0.717) is 13.0 Å². The van der Waals surface area contributed by atoms with E-state index in [2.05, 4.69) is 9.71 Å². The van der Waals surface area contributed by atoms with Gasteiger partial charge in [-0.15, -0.1) is 0 Å². The van der Waals surface area contributed by atoms with Gasteiger partial charge in [0.05, 0.1) is 17.5 Å². The molecule has 2 N–H and O–H groups in total. The Bertz CT molecular complexity index is 944. The maximum Gasteiger partial charge on any atom is 0.240 e. The Kier molecular flexibility index (Phi) is 4.59. The van der Waals surface area contributed by atoms with Crippen molar-refractivity contribution in [1.29, 1.82) is 0 Å². The van der Waals surface area contributed by atoms with Gasteiger partial charge in [0, 0.05) is 18.1 Å². The molecular formula is C18H20N2O3S. The second-order valence-electron chi connectivity index (χ2n) is 5.66. The maximum atomic E-state index is 12.3. The highest BCUT2D eigenvalue weighted by Gasteiger charge is 2.14. The van der Waals surface area contributed by atoms with Gasteiger partial charge in [-0.3, -0.25) is 0 Å². The summed E-state index contributed by atoms with van der Waals surface area (Å²) in [5.74, 6) is 0.777. The van der Waals surface area contributed by atoms with Crippen LogP contribution in [0.4, 0.5) is 0 Å². The number of aromatic amines is 1. The van der Waals surface area contributed by atoms with Crippen molar-refractivity contribution >= 4 is 20.9 Å². The molecule has 1 heterocycles. The molecule has 3 rings (SSSR count). The number of rotatable bonds is 6. The highest BCUT2D eigenvalue weighted by molar-refractivity contribution is 7.89. The SMILES string of the molecule is COc1cccc2c(CCNS(=O)(=O)c3ccc(C)cc3)c[nH]c12. The normalized spacial score (nSPS) is 11.8. The van der Waals surface area contributed by atoms with Crippen molar-refractivity contribution in [3.63, 3.8) is 0 Å². The predicted molar refractivity (Wildman–Crippen MR) is 94.9 cm³/mol. The van der Waals surface area contributed by atoms with E-state index in [0.717, 1.165) is 27.8 Å². The van der Waals surface area contributed by atoms with Gasteiger partial charge in [-0.2, -0.15) is 0 Å². The van der Waals surface area contributed by atoms with Crippen LogP contribution in [0, 0.1) is 6.92 Å². The van der Waals surface area contributed by atoms with Crippen LogP contribution in [-0.4, -0.2) is 27.1 Å². The van der Waals surface area contributed by atoms with E-state index in [1.807, 2.05) is 31.3 Å². The van der Waals surface area contributed by atoms with Crippen LogP contribution in [-0.2, 0) is 16.4 Å². The molecule has 0 aliphatic rings. The molecule has 6 heteroatoms. The predicted octanol–water partition coefficient (Wildman–Crippen LogP) is 3.01. The minimum absolute atomic E-state index is 0.286. The Morgan fingerprint density at radius 3 is 2.58 bits per heavy atom. The van der Waals surface area contributed by atoms with Crippen molar-refractivity contribution in [3.8, 4) is 5.75 Å². The lowest BCUT2D eigenvalue weighted by Gasteiger charge is -2.07. The monoisotopic (exact) mass is 344 g/mol. The van der Waals surface area contributed by atoms with Crippen LogP contribution in [0.1, 0.15) is 11.1 Å². The molecule has 0 saturated carbocycles. The van der Waals surface area contributed by atoms with E-state index >= 15 is 0 Å². The van der Waals surface area contributed by atoms with E-state index in [9.17, 15) is 8.42 Å². The molecule has 1 aromatic heterocycles. The molecule has 24 heavy (non-hydrogen) atoms. The summed E-state index contributed by atoms with van der Waals surface area (Å²) in [6, 6.07) is 12.6. The Hall–Kier alpha value is -2.31. The smallest absolute Gasteiger partial charge is 0.240 e. The topological polar surface area (TPSA) is 71.2 Å². The first-order chi connectivity index (χ1) is 11.5. The van der Waals surface area contributed by atoms with Crippen molar-refractivity contribution in [2.75, 3.05) is 13.7 Å². The van der Waals surface area contributed by atoms with Crippen molar-refractivity contribution in [1.82, 2.24) is 9.71 Å². The summed E-state index contributed by atoms with van der Waals surface area (Å²) in [5.41, 5.74) is 3.01. The minimum Gasteiger partial charge on any atom is -0.495 e. The molecule has 0 spiro atoms. The Balaban J connectivity index is 1.71. The first-order valence-electron chi connectivity index (χ1n) is 7.70. The Morgan fingerprint density at radius 1 is 1.12 bits per heavy atom. The van der Waals surface area contributed by atoms with Gasteiger partial charge in [0.25, 0.3) is 0 Å². The van der Waals surface area contributed by atoms with Crippen LogP contribution in [0.3, 0.4) is 0 Å². The lowest BCUT2D eigenvalue weighted by atomic mass is 10.1. The summed E-state index contributed by atoms with van der Waals surface area (Å²) in [6.45, 7) is 2.26. The first-order valence-corrected chi connectivity index (χ1v) is 9.19. The zero-order valence-electron chi connectivity index (χ0n) is 13.7. The van der Waals surface area contributed by atoms with Crippen molar-refractivity contribution < 1.29 is 13.2 Å². The number of sulfonamides is 1. The summed E-state index contributed by atoms with van der Waals surface area (Å²) >= 11 is 0. The third-order valence-corrected chi connectivity index (χ3v) is 5.48. The molecule has 0 radical (unpaired) electrons. The van der Waals surface area contributed by atoms with Gasteiger partial charge in [-0.05, 0) is 37.1 Å². The molecule has 0 amide bonds. The van der Waals surface area contributed by atoms with Crippen molar-refractivity contribution in [3.05, 3.63) is 59.8 Å². The molecule has 0 unspecified atom stereocenters. The summed E-state index contributed by atoms with van der Waals surface area (Å²) < 4.78 is 32.6. The van der Waals surface area contributed by atoms with E-state index < -0.39 is 10.0 Å². The van der Waals surface area contributed by atoms with Crippen LogP contribution in [0.25, 0.3) is 10.9 Å². The highest BCUT2D eigenvalue weighted by Crippen LogP contribution is 2.27. The van der Waals surface area contributed by atoms with Crippen molar-refractivity contribution in [2.45, 2.75) is 18.2 Å². The van der Waals surface area contributed by atoms with Crippen LogP contribution >= 0.6 is 0 Å². The Morgan fingerprint density at radius 2 is 1.88 bits per heavy atom. The summed E-state index contributed by atoms with van der Waals surface area (Å²) in [5, 5.41) is 1.05. The number of hydrogen-bond donors (Lipinski definition) is 2. The van der Waals surface area contributed by atoms with Gasteiger partial charge in [-0.25, -0.2) is 13.1 Å². The fourth-order valence-electron chi connectivity index (χ4n) is 2.68. The fourth-order valence-corrected chi connectivity index (χ4v) is 3.71. The molecule has 0 aliphatic heterocycles. The van der Waals surface area contributed by atoms with Crippen molar-refractivity contribution in [2.24, 2.45) is 0 Å². The van der Waals surface area contributed by atoms with Gasteiger partial charge in [-0.1, -0.05) is 29.8 Å². The van der Waals surface area contributed by atoms with Crippen LogP contribution in [0.2, 0.25) is 0 Å². The summed E-state index contributed by atoms with van der Waals surface area (Å²) in [4.78, 5) is 3.48. The second-order valence-corrected chi connectivity index (χ2v) is 7.42. The van der Waals surface area contributed by atoms with Gasteiger partial charge in [0.1, 0.15) is 5.75 Å². The summed E-state index contributed by atoms with van der Waals surface area (Å²) in [7, 11) is -1.85. The van der Waals surface area contributed by atoms with E-state index in [4.69, 9.17) is 4.74 Å². The molecule has 0 atom stereocenters. The molecule has 2 aromatic carbocycles. The number of benzene rings is 2. The molecule has 0 fully saturated rings. The molecule has 3 aromatic rings. The third kappa shape index (κ3) is 3.29. The second kappa shape index (κ2) is 6.67.